The van der Waals surface area contributed by atoms with E-state index in [1.165, 1.54) is 6.26 Å². The lowest BCUT2D eigenvalue weighted by atomic mass is 10.0. The highest BCUT2D eigenvalue weighted by Gasteiger charge is 2.26. The van der Waals surface area contributed by atoms with E-state index < -0.39 is 21.5 Å². The molecular weight excluding hydrogens is 402 g/mol. The molecule has 7 nitrogen and oxygen atoms in total. The number of rotatable bonds is 8. The van der Waals surface area contributed by atoms with Gasteiger partial charge in [-0.05, 0) is 45.7 Å². The van der Waals surface area contributed by atoms with E-state index in [0.717, 1.165) is 43.4 Å². The number of carbonyl (C=O) groups is 2. The first-order valence-corrected chi connectivity index (χ1v) is 12.6. The Bertz CT molecular complexity index is 1020. The average molecular weight is 434 g/mol. The summed E-state index contributed by atoms with van der Waals surface area (Å²) >= 11 is 0. The summed E-state index contributed by atoms with van der Waals surface area (Å²) in [6.45, 7) is 6.40. The average Bonchev–Trinajstić information content (AvgIpc) is 3.08. The van der Waals surface area contributed by atoms with E-state index in [1.807, 2.05) is 42.7 Å². The van der Waals surface area contributed by atoms with Crippen molar-refractivity contribution in [2.75, 3.05) is 31.6 Å². The minimum absolute atomic E-state index is 0.0361. The molecule has 1 N–H and O–H groups in total. The second kappa shape index (κ2) is 9.31. The van der Waals surface area contributed by atoms with Crippen LogP contribution in [0.1, 0.15) is 49.5 Å². The van der Waals surface area contributed by atoms with Gasteiger partial charge in [-0.1, -0.05) is 18.2 Å². The molecule has 8 heteroatoms. The molecule has 0 atom stereocenters. The van der Waals surface area contributed by atoms with Crippen LogP contribution in [0.25, 0.3) is 10.9 Å². The number of sulfone groups is 1. The van der Waals surface area contributed by atoms with Gasteiger partial charge in [0.2, 0.25) is 0 Å². The summed E-state index contributed by atoms with van der Waals surface area (Å²) < 4.78 is 24.5. The molecule has 0 spiro atoms. The second-order valence-electron chi connectivity index (χ2n) is 8.46. The Labute approximate surface area is 178 Å². The zero-order valence-electron chi connectivity index (χ0n) is 17.9. The van der Waals surface area contributed by atoms with Crippen molar-refractivity contribution in [3.63, 3.8) is 0 Å². The van der Waals surface area contributed by atoms with Crippen LogP contribution >= 0.6 is 0 Å². The molecule has 0 bridgehead atoms. The number of likely N-dealkylation sites (tertiary alicyclic amines) is 1. The second-order valence-corrected chi connectivity index (χ2v) is 10.7. The molecule has 1 aromatic carbocycles. The fraction of sp³-hybridized carbons (Fsp3) is 0.545. The van der Waals surface area contributed by atoms with Gasteiger partial charge in [0.25, 0.3) is 11.7 Å². The van der Waals surface area contributed by atoms with Crippen LogP contribution in [0.3, 0.4) is 0 Å². The SMILES string of the molecule is CC(C)n1cc(C(=O)C(=O)NC2CCN(CCCS(C)(=O)=O)CC2)c2ccccc21. The molecule has 1 fully saturated rings. The Hall–Kier alpha value is -2.19. The lowest BCUT2D eigenvalue weighted by Gasteiger charge is -2.32. The fourth-order valence-electron chi connectivity index (χ4n) is 4.04. The standard InChI is InChI=1S/C22H31N3O4S/c1-16(2)25-15-19(18-7-4-5-8-20(18)25)21(26)22(27)23-17-9-12-24(13-10-17)11-6-14-30(3,28)29/h4-5,7-8,15-17H,6,9-14H2,1-3H3,(H,23,27). The van der Waals surface area contributed by atoms with Crippen molar-refractivity contribution < 1.29 is 18.0 Å². The van der Waals surface area contributed by atoms with Gasteiger partial charge in [0, 0.05) is 48.5 Å². The number of ketones is 1. The van der Waals surface area contributed by atoms with Crippen LogP contribution in [0.15, 0.2) is 30.5 Å². The number of aromatic nitrogens is 1. The van der Waals surface area contributed by atoms with Gasteiger partial charge >= 0.3 is 0 Å². The van der Waals surface area contributed by atoms with Gasteiger partial charge in [-0.2, -0.15) is 0 Å². The van der Waals surface area contributed by atoms with Crippen molar-refractivity contribution in [2.45, 2.75) is 45.2 Å². The van der Waals surface area contributed by atoms with Gasteiger partial charge < -0.3 is 14.8 Å². The normalized spacial score (nSPS) is 16.3. The number of nitrogens with zero attached hydrogens (tertiary/aromatic N) is 2. The summed E-state index contributed by atoms with van der Waals surface area (Å²) in [5.41, 5.74) is 1.39. The van der Waals surface area contributed by atoms with Gasteiger partial charge in [-0.3, -0.25) is 9.59 Å². The number of carbonyl (C=O) groups excluding carboxylic acids is 2. The smallest absolute Gasteiger partial charge is 0.292 e. The quantitative estimate of drug-likeness (QED) is 0.510. The van der Waals surface area contributed by atoms with E-state index in [4.69, 9.17) is 0 Å². The Morgan fingerprint density at radius 3 is 2.47 bits per heavy atom. The van der Waals surface area contributed by atoms with Gasteiger partial charge in [-0.15, -0.1) is 0 Å². The molecule has 30 heavy (non-hydrogen) atoms. The molecule has 1 aromatic heterocycles. The third kappa shape index (κ3) is 5.49. The van der Waals surface area contributed by atoms with Crippen LogP contribution in [0.5, 0.6) is 0 Å². The summed E-state index contributed by atoms with van der Waals surface area (Å²) in [6, 6.07) is 7.80. The number of fused-ring (bicyclic) bond motifs is 1. The van der Waals surface area contributed by atoms with Crippen LogP contribution in [0, 0.1) is 0 Å². The number of nitrogens with one attached hydrogen (secondary N) is 1. The van der Waals surface area contributed by atoms with Crippen molar-refractivity contribution in [1.29, 1.82) is 0 Å². The number of para-hydroxylation sites is 1. The van der Waals surface area contributed by atoms with Crippen molar-refractivity contribution in [1.82, 2.24) is 14.8 Å². The Kier molecular flexibility index (Phi) is 6.98. The van der Waals surface area contributed by atoms with E-state index in [1.54, 1.807) is 6.20 Å². The summed E-state index contributed by atoms with van der Waals surface area (Å²) in [4.78, 5) is 27.7. The minimum atomic E-state index is -2.93. The number of piperidine rings is 1. The van der Waals surface area contributed by atoms with Gasteiger partial charge in [-0.25, -0.2) is 8.42 Å². The Morgan fingerprint density at radius 1 is 1.17 bits per heavy atom. The van der Waals surface area contributed by atoms with Crippen LogP contribution < -0.4 is 5.32 Å². The largest absolute Gasteiger partial charge is 0.346 e. The molecule has 3 rings (SSSR count). The zero-order chi connectivity index (χ0) is 21.9. The summed E-state index contributed by atoms with van der Waals surface area (Å²) in [5, 5.41) is 3.70. The monoisotopic (exact) mass is 433 g/mol. The Balaban J connectivity index is 1.57. The molecular formula is C22H31N3O4S. The Morgan fingerprint density at radius 2 is 1.83 bits per heavy atom. The first kappa shape index (κ1) is 22.5. The molecule has 2 heterocycles. The minimum Gasteiger partial charge on any atom is -0.346 e. The third-order valence-electron chi connectivity index (χ3n) is 5.66. The number of hydrogen-bond acceptors (Lipinski definition) is 5. The number of Topliss-reactive ketones (excluding diaryl/α,β-unsaturated/α-hetero) is 1. The van der Waals surface area contributed by atoms with Crippen LogP contribution in [-0.4, -0.2) is 67.3 Å². The molecule has 0 unspecified atom stereocenters. The summed E-state index contributed by atoms with van der Waals surface area (Å²) in [6.07, 6.45) is 5.16. The summed E-state index contributed by atoms with van der Waals surface area (Å²) in [5.74, 6) is -0.860. The van der Waals surface area contributed by atoms with Gasteiger partial charge in [0.05, 0.1) is 11.3 Å². The van der Waals surface area contributed by atoms with Crippen molar-refractivity contribution >= 4 is 32.4 Å². The van der Waals surface area contributed by atoms with Crippen molar-refractivity contribution in [3.05, 3.63) is 36.0 Å². The van der Waals surface area contributed by atoms with E-state index in [-0.39, 0.29) is 17.8 Å². The number of amides is 1. The lowest BCUT2D eigenvalue weighted by Crippen LogP contribution is -2.46. The lowest BCUT2D eigenvalue weighted by molar-refractivity contribution is -0.117. The molecule has 1 aliphatic rings. The fourth-order valence-corrected chi connectivity index (χ4v) is 4.69. The maximum absolute atomic E-state index is 12.9. The highest BCUT2D eigenvalue weighted by atomic mass is 32.2. The van der Waals surface area contributed by atoms with E-state index in [9.17, 15) is 18.0 Å². The van der Waals surface area contributed by atoms with Crippen LogP contribution in [0.2, 0.25) is 0 Å². The number of hydrogen-bond donors (Lipinski definition) is 1. The third-order valence-corrected chi connectivity index (χ3v) is 6.69. The predicted octanol–water partition coefficient (Wildman–Crippen LogP) is 2.42. The van der Waals surface area contributed by atoms with Gasteiger partial charge in [0.1, 0.15) is 9.84 Å². The molecule has 0 aliphatic carbocycles. The number of benzene rings is 1. The zero-order valence-corrected chi connectivity index (χ0v) is 18.7. The van der Waals surface area contributed by atoms with E-state index in [2.05, 4.69) is 10.2 Å². The van der Waals surface area contributed by atoms with Crippen molar-refractivity contribution in [2.24, 2.45) is 0 Å². The molecule has 2 aromatic rings. The van der Waals surface area contributed by atoms with E-state index >= 15 is 0 Å². The van der Waals surface area contributed by atoms with Crippen molar-refractivity contribution in [3.8, 4) is 0 Å². The van der Waals surface area contributed by atoms with Crippen LogP contribution in [0.4, 0.5) is 0 Å². The molecule has 164 valence electrons. The topological polar surface area (TPSA) is 88.5 Å². The first-order valence-electron chi connectivity index (χ1n) is 10.5. The molecule has 1 aliphatic heterocycles. The molecule has 0 saturated carbocycles. The molecule has 1 amide bonds. The summed E-state index contributed by atoms with van der Waals surface area (Å²) in [7, 11) is -2.93. The van der Waals surface area contributed by atoms with Gasteiger partial charge in [0.15, 0.2) is 0 Å². The highest BCUT2D eigenvalue weighted by Crippen LogP contribution is 2.25. The van der Waals surface area contributed by atoms with Crippen LogP contribution in [-0.2, 0) is 14.6 Å². The predicted molar refractivity (Wildman–Crippen MR) is 119 cm³/mol. The first-order chi connectivity index (χ1) is 14.2. The highest BCUT2D eigenvalue weighted by molar-refractivity contribution is 7.90. The maximum Gasteiger partial charge on any atom is 0.292 e. The maximum atomic E-state index is 12.9. The van der Waals surface area contributed by atoms with E-state index in [0.29, 0.717) is 12.0 Å². The molecule has 1 saturated heterocycles. The molecule has 0 radical (unpaired) electrons.